The smallest absolute Gasteiger partial charge is 0.227 e. The summed E-state index contributed by atoms with van der Waals surface area (Å²) in [7, 11) is 0. The second kappa shape index (κ2) is 6.55. The minimum Gasteiger partial charge on any atom is -0.335 e. The lowest BCUT2D eigenvalue weighted by atomic mass is 9.97. The molecule has 1 saturated carbocycles. The van der Waals surface area contributed by atoms with Gasteiger partial charge in [-0.1, -0.05) is 29.3 Å². The second-order valence-corrected chi connectivity index (χ2v) is 6.80. The number of carbonyl (C=O) groups is 1. The Labute approximate surface area is 135 Å². The molecule has 2 fully saturated rings. The number of hydrogen-bond acceptors (Lipinski definition) is 2. The van der Waals surface area contributed by atoms with Crippen LogP contribution in [0.15, 0.2) is 18.2 Å². The van der Waals surface area contributed by atoms with Crippen molar-refractivity contribution in [3.63, 3.8) is 0 Å². The average Bonchev–Trinajstić information content (AvgIpc) is 3.33. The third-order valence-electron chi connectivity index (χ3n) is 4.25. The first-order chi connectivity index (χ1) is 10.1. The van der Waals surface area contributed by atoms with Gasteiger partial charge in [0.25, 0.3) is 0 Å². The van der Waals surface area contributed by atoms with Crippen LogP contribution in [0.4, 0.5) is 0 Å². The molecule has 5 heteroatoms. The lowest BCUT2D eigenvalue weighted by Gasteiger charge is -2.30. The van der Waals surface area contributed by atoms with Gasteiger partial charge in [0.15, 0.2) is 0 Å². The van der Waals surface area contributed by atoms with E-state index in [0.717, 1.165) is 44.3 Å². The van der Waals surface area contributed by atoms with E-state index in [9.17, 15) is 4.79 Å². The molecule has 3 rings (SSSR count). The van der Waals surface area contributed by atoms with Crippen LogP contribution in [0.3, 0.4) is 0 Å². The van der Waals surface area contributed by atoms with Crippen LogP contribution in [0.25, 0.3) is 0 Å². The average molecular weight is 327 g/mol. The molecule has 1 aromatic rings. The zero-order valence-electron chi connectivity index (χ0n) is 11.9. The zero-order valence-corrected chi connectivity index (χ0v) is 13.5. The van der Waals surface area contributed by atoms with E-state index in [1.54, 1.807) is 6.07 Å². The van der Waals surface area contributed by atoms with E-state index in [-0.39, 0.29) is 11.8 Å². The zero-order chi connectivity index (χ0) is 14.8. The number of halogens is 2. The largest absolute Gasteiger partial charge is 0.335 e. The molecule has 1 aromatic carbocycles. The summed E-state index contributed by atoms with van der Waals surface area (Å²) in [6, 6.07) is 6.03. The highest BCUT2D eigenvalue weighted by Crippen LogP contribution is 2.32. The SMILES string of the molecule is O=C([C@@H]1CCCNC1)N(Cc1ccc(Cl)c(Cl)c1)C1CC1. The number of carbonyl (C=O) groups excluding carboxylic acids is 1. The van der Waals surface area contributed by atoms with Crippen molar-refractivity contribution in [1.29, 1.82) is 0 Å². The molecule has 1 saturated heterocycles. The summed E-state index contributed by atoms with van der Waals surface area (Å²) >= 11 is 12.0. The number of nitrogens with zero attached hydrogens (tertiary/aromatic N) is 1. The Kier molecular flexibility index (Phi) is 4.72. The number of amides is 1. The summed E-state index contributed by atoms with van der Waals surface area (Å²) < 4.78 is 0. The monoisotopic (exact) mass is 326 g/mol. The molecule has 3 nitrogen and oxygen atoms in total. The van der Waals surface area contributed by atoms with E-state index >= 15 is 0 Å². The Morgan fingerprint density at radius 1 is 1.24 bits per heavy atom. The van der Waals surface area contributed by atoms with Crippen LogP contribution >= 0.6 is 23.2 Å². The predicted octanol–water partition coefficient (Wildman–Crippen LogP) is 3.48. The molecule has 0 aromatic heterocycles. The van der Waals surface area contributed by atoms with Crippen molar-refractivity contribution in [2.75, 3.05) is 13.1 Å². The van der Waals surface area contributed by atoms with Crippen LogP contribution in [0.2, 0.25) is 10.0 Å². The van der Waals surface area contributed by atoms with E-state index in [0.29, 0.717) is 22.6 Å². The van der Waals surface area contributed by atoms with Crippen molar-refractivity contribution in [3.8, 4) is 0 Å². The number of hydrogen-bond donors (Lipinski definition) is 1. The summed E-state index contributed by atoms with van der Waals surface area (Å²) in [5.41, 5.74) is 1.05. The van der Waals surface area contributed by atoms with Crippen LogP contribution in [0, 0.1) is 5.92 Å². The number of benzene rings is 1. The van der Waals surface area contributed by atoms with Crippen molar-refractivity contribution in [3.05, 3.63) is 33.8 Å². The van der Waals surface area contributed by atoms with Gasteiger partial charge in [-0.15, -0.1) is 0 Å². The van der Waals surface area contributed by atoms with E-state index in [1.165, 1.54) is 0 Å². The molecule has 114 valence electrons. The van der Waals surface area contributed by atoms with Gasteiger partial charge in [0.05, 0.1) is 16.0 Å². The molecule has 1 N–H and O–H groups in total. The molecular weight excluding hydrogens is 307 g/mol. The summed E-state index contributed by atoms with van der Waals surface area (Å²) in [5, 5.41) is 4.43. The quantitative estimate of drug-likeness (QED) is 0.918. The van der Waals surface area contributed by atoms with Gasteiger partial charge in [0.2, 0.25) is 5.91 Å². The maximum absolute atomic E-state index is 12.8. The summed E-state index contributed by atoms with van der Waals surface area (Å²) in [4.78, 5) is 14.8. The van der Waals surface area contributed by atoms with Crippen molar-refractivity contribution in [1.82, 2.24) is 10.2 Å². The van der Waals surface area contributed by atoms with Crippen LogP contribution in [-0.2, 0) is 11.3 Å². The van der Waals surface area contributed by atoms with Crippen LogP contribution in [0.1, 0.15) is 31.2 Å². The minimum absolute atomic E-state index is 0.127. The Bertz CT molecular complexity index is 525. The first-order valence-electron chi connectivity index (χ1n) is 7.60. The molecule has 1 atom stereocenters. The van der Waals surface area contributed by atoms with Crippen LogP contribution < -0.4 is 5.32 Å². The van der Waals surface area contributed by atoms with Gasteiger partial charge in [-0.25, -0.2) is 0 Å². The molecule has 1 aliphatic heterocycles. The maximum Gasteiger partial charge on any atom is 0.227 e. The van der Waals surface area contributed by atoms with Crippen molar-refractivity contribution < 1.29 is 4.79 Å². The molecule has 21 heavy (non-hydrogen) atoms. The lowest BCUT2D eigenvalue weighted by molar-refractivity contribution is -0.137. The number of piperidine rings is 1. The summed E-state index contributed by atoms with van der Waals surface area (Å²) in [6.45, 7) is 2.47. The van der Waals surface area contributed by atoms with Gasteiger partial charge in [0, 0.05) is 19.1 Å². The van der Waals surface area contributed by atoms with Crippen LogP contribution in [-0.4, -0.2) is 29.9 Å². The Morgan fingerprint density at radius 2 is 2.05 bits per heavy atom. The van der Waals surface area contributed by atoms with Gasteiger partial charge >= 0.3 is 0 Å². The molecule has 0 unspecified atom stereocenters. The highest BCUT2D eigenvalue weighted by atomic mass is 35.5. The normalized spacial score (nSPS) is 22.1. The highest BCUT2D eigenvalue weighted by Gasteiger charge is 2.36. The topological polar surface area (TPSA) is 32.3 Å². The Morgan fingerprint density at radius 3 is 2.67 bits per heavy atom. The maximum atomic E-state index is 12.8. The van der Waals surface area contributed by atoms with Gasteiger partial charge in [0.1, 0.15) is 0 Å². The fraction of sp³-hybridized carbons (Fsp3) is 0.562. The Balaban J connectivity index is 1.71. The van der Waals surface area contributed by atoms with Crippen molar-refractivity contribution in [2.24, 2.45) is 5.92 Å². The van der Waals surface area contributed by atoms with Crippen molar-refractivity contribution >= 4 is 29.1 Å². The standard InChI is InChI=1S/C16H20Cl2N2O/c17-14-6-3-11(8-15(14)18)10-20(13-4-5-13)16(21)12-2-1-7-19-9-12/h3,6,8,12-13,19H,1-2,4-5,7,9-10H2/t12-/m1/s1. The summed E-state index contributed by atoms with van der Waals surface area (Å²) in [5.74, 6) is 0.415. The van der Waals surface area contributed by atoms with Gasteiger partial charge < -0.3 is 10.2 Å². The molecule has 0 bridgehead atoms. The highest BCUT2D eigenvalue weighted by molar-refractivity contribution is 6.42. The molecule has 1 heterocycles. The third kappa shape index (κ3) is 3.71. The first-order valence-corrected chi connectivity index (χ1v) is 8.36. The molecule has 1 aliphatic carbocycles. The number of rotatable bonds is 4. The van der Waals surface area contributed by atoms with Gasteiger partial charge in [-0.05, 0) is 49.9 Å². The molecule has 2 aliphatic rings. The van der Waals surface area contributed by atoms with E-state index < -0.39 is 0 Å². The minimum atomic E-state index is 0.127. The fourth-order valence-corrected chi connectivity index (χ4v) is 3.23. The van der Waals surface area contributed by atoms with Crippen molar-refractivity contribution in [2.45, 2.75) is 38.3 Å². The predicted molar refractivity (Wildman–Crippen MR) is 85.6 cm³/mol. The van der Waals surface area contributed by atoms with E-state index in [2.05, 4.69) is 5.32 Å². The lowest BCUT2D eigenvalue weighted by Crippen LogP contribution is -2.43. The molecule has 0 radical (unpaired) electrons. The fourth-order valence-electron chi connectivity index (χ4n) is 2.90. The van der Waals surface area contributed by atoms with Gasteiger partial charge in [-0.2, -0.15) is 0 Å². The van der Waals surface area contributed by atoms with E-state index in [4.69, 9.17) is 23.2 Å². The van der Waals surface area contributed by atoms with E-state index in [1.807, 2.05) is 17.0 Å². The third-order valence-corrected chi connectivity index (χ3v) is 4.99. The van der Waals surface area contributed by atoms with Gasteiger partial charge in [-0.3, -0.25) is 4.79 Å². The summed E-state index contributed by atoms with van der Waals surface area (Å²) in [6.07, 6.45) is 4.32. The second-order valence-electron chi connectivity index (χ2n) is 5.99. The molecule has 0 spiro atoms. The first kappa shape index (κ1) is 15.1. The number of nitrogens with one attached hydrogen (secondary N) is 1. The van der Waals surface area contributed by atoms with Crippen LogP contribution in [0.5, 0.6) is 0 Å². The Hall–Kier alpha value is -0.770. The molecule has 1 amide bonds. The molecular formula is C16H20Cl2N2O.